The van der Waals surface area contributed by atoms with E-state index >= 15 is 0 Å². The number of hydrogen-bond acceptors (Lipinski definition) is 5. The minimum atomic E-state index is -3.97. The molecule has 2 aliphatic rings. The number of likely N-dealkylation sites (tertiary alicyclic amines) is 1. The maximum absolute atomic E-state index is 13.1. The molecule has 1 aliphatic heterocycles. The number of rotatable bonds is 7. The first-order chi connectivity index (χ1) is 15.3. The number of carbonyl (C=O) groups is 2. The summed E-state index contributed by atoms with van der Waals surface area (Å²) in [6.07, 6.45) is 3.33. The first kappa shape index (κ1) is 22.4. The van der Waals surface area contributed by atoms with Gasteiger partial charge in [0.1, 0.15) is 16.5 Å². The Morgan fingerprint density at radius 3 is 2.19 bits per heavy atom. The van der Waals surface area contributed by atoms with E-state index in [2.05, 4.69) is 4.72 Å². The molecular formula is C23H25FN2O5S. The van der Waals surface area contributed by atoms with Gasteiger partial charge in [-0.05, 0) is 48.2 Å². The van der Waals surface area contributed by atoms with Crippen LogP contribution in [0.4, 0.5) is 4.39 Å². The van der Waals surface area contributed by atoms with Crippen LogP contribution in [0.5, 0.6) is 5.75 Å². The minimum absolute atomic E-state index is 0.0230. The molecule has 2 amide bonds. The van der Waals surface area contributed by atoms with E-state index in [0.29, 0.717) is 11.1 Å². The molecule has 1 saturated heterocycles. The van der Waals surface area contributed by atoms with Crippen LogP contribution in [0.2, 0.25) is 0 Å². The summed E-state index contributed by atoms with van der Waals surface area (Å²) in [5.74, 6) is -1.11. The fraction of sp³-hybridized carbons (Fsp3) is 0.391. The number of carbonyl (C=O) groups excluding carboxylic acids is 2. The molecule has 7 nitrogen and oxygen atoms in total. The summed E-state index contributed by atoms with van der Waals surface area (Å²) >= 11 is 0. The Labute approximate surface area is 186 Å². The van der Waals surface area contributed by atoms with E-state index in [9.17, 15) is 22.4 Å². The SMILES string of the molecule is COc1ccc(CN2C(=O)[C@H]3CCCC[C@H]3C2=O)cc1S(=O)(=O)NCc1ccc(F)cc1. The third-order valence-electron chi connectivity index (χ3n) is 6.17. The summed E-state index contributed by atoms with van der Waals surface area (Å²) < 4.78 is 46.7. The predicted molar refractivity (Wildman–Crippen MR) is 114 cm³/mol. The van der Waals surface area contributed by atoms with Crippen LogP contribution in [0.15, 0.2) is 47.4 Å². The zero-order valence-electron chi connectivity index (χ0n) is 17.7. The molecule has 2 fully saturated rings. The van der Waals surface area contributed by atoms with E-state index in [0.717, 1.165) is 25.7 Å². The number of ether oxygens (including phenoxy) is 1. The van der Waals surface area contributed by atoms with E-state index < -0.39 is 15.8 Å². The van der Waals surface area contributed by atoms with Gasteiger partial charge in [-0.3, -0.25) is 14.5 Å². The van der Waals surface area contributed by atoms with Crippen molar-refractivity contribution in [3.63, 3.8) is 0 Å². The van der Waals surface area contributed by atoms with Crippen LogP contribution in [0.25, 0.3) is 0 Å². The van der Waals surface area contributed by atoms with Crippen molar-refractivity contribution in [1.29, 1.82) is 0 Å². The molecule has 0 unspecified atom stereocenters. The van der Waals surface area contributed by atoms with Crippen LogP contribution in [0, 0.1) is 17.7 Å². The van der Waals surface area contributed by atoms with Crippen LogP contribution < -0.4 is 9.46 Å². The lowest BCUT2D eigenvalue weighted by atomic mass is 9.81. The van der Waals surface area contributed by atoms with E-state index in [1.807, 2.05) is 0 Å². The van der Waals surface area contributed by atoms with Gasteiger partial charge in [0.2, 0.25) is 21.8 Å². The lowest BCUT2D eigenvalue weighted by Crippen LogP contribution is -2.30. The second-order valence-electron chi connectivity index (χ2n) is 8.20. The highest BCUT2D eigenvalue weighted by atomic mass is 32.2. The summed E-state index contributed by atoms with van der Waals surface area (Å²) in [5, 5.41) is 0. The van der Waals surface area contributed by atoms with Gasteiger partial charge in [0.05, 0.1) is 25.5 Å². The van der Waals surface area contributed by atoms with Crippen LogP contribution >= 0.6 is 0 Å². The molecule has 2 aromatic carbocycles. The largest absolute Gasteiger partial charge is 0.495 e. The number of methoxy groups -OCH3 is 1. The lowest BCUT2D eigenvalue weighted by Gasteiger charge is -2.19. The number of hydrogen-bond donors (Lipinski definition) is 1. The number of fused-ring (bicyclic) bond motifs is 1. The predicted octanol–water partition coefficient (Wildman–Crippen LogP) is 2.99. The summed E-state index contributed by atoms with van der Waals surface area (Å²) in [5.41, 5.74) is 1.12. The van der Waals surface area contributed by atoms with Crippen molar-refractivity contribution >= 4 is 21.8 Å². The molecule has 32 heavy (non-hydrogen) atoms. The Morgan fingerprint density at radius 1 is 1.00 bits per heavy atom. The summed E-state index contributed by atoms with van der Waals surface area (Å²) in [7, 11) is -2.61. The highest BCUT2D eigenvalue weighted by molar-refractivity contribution is 7.89. The van der Waals surface area contributed by atoms with E-state index in [1.54, 1.807) is 6.07 Å². The quantitative estimate of drug-likeness (QED) is 0.642. The summed E-state index contributed by atoms with van der Waals surface area (Å²) in [6.45, 7) is -0.00239. The number of benzene rings is 2. The molecule has 0 radical (unpaired) electrons. The Balaban J connectivity index is 1.55. The van der Waals surface area contributed by atoms with Gasteiger partial charge in [-0.15, -0.1) is 0 Å². The highest BCUT2D eigenvalue weighted by Gasteiger charge is 2.47. The maximum Gasteiger partial charge on any atom is 0.244 e. The van der Waals surface area contributed by atoms with Gasteiger partial charge < -0.3 is 4.74 Å². The first-order valence-corrected chi connectivity index (χ1v) is 12.0. The molecule has 0 aromatic heterocycles. The van der Waals surface area contributed by atoms with Gasteiger partial charge in [0, 0.05) is 6.54 Å². The van der Waals surface area contributed by atoms with E-state index in [1.165, 1.54) is 48.4 Å². The van der Waals surface area contributed by atoms with Crippen molar-refractivity contribution in [3.05, 3.63) is 59.4 Å². The van der Waals surface area contributed by atoms with Crippen molar-refractivity contribution < 1.29 is 27.1 Å². The van der Waals surface area contributed by atoms with Crippen LogP contribution in [-0.2, 0) is 32.7 Å². The third kappa shape index (κ3) is 4.40. The third-order valence-corrected chi connectivity index (χ3v) is 7.59. The Kier molecular flexibility index (Phi) is 6.30. The monoisotopic (exact) mass is 460 g/mol. The van der Waals surface area contributed by atoms with Crippen LogP contribution in [0.1, 0.15) is 36.8 Å². The number of halogens is 1. The number of nitrogens with zero attached hydrogens (tertiary/aromatic N) is 1. The molecule has 2 aromatic rings. The molecule has 1 aliphatic carbocycles. The average molecular weight is 461 g/mol. The van der Waals surface area contributed by atoms with E-state index in [4.69, 9.17) is 4.74 Å². The molecule has 1 heterocycles. The Morgan fingerprint density at radius 2 is 1.59 bits per heavy atom. The highest BCUT2D eigenvalue weighted by Crippen LogP contribution is 2.39. The molecule has 0 bridgehead atoms. The Bertz CT molecular complexity index is 1110. The van der Waals surface area contributed by atoms with Crippen molar-refractivity contribution in [2.45, 2.75) is 43.7 Å². The minimum Gasteiger partial charge on any atom is -0.495 e. The Hall–Kier alpha value is -2.78. The molecule has 1 saturated carbocycles. The van der Waals surface area contributed by atoms with Crippen LogP contribution in [0.3, 0.4) is 0 Å². The number of amides is 2. The smallest absolute Gasteiger partial charge is 0.244 e. The van der Waals surface area contributed by atoms with Gasteiger partial charge in [0.15, 0.2) is 0 Å². The normalized spacial score (nSPS) is 21.0. The zero-order valence-corrected chi connectivity index (χ0v) is 18.5. The van der Waals surface area contributed by atoms with Gasteiger partial charge in [-0.1, -0.05) is 31.0 Å². The van der Waals surface area contributed by atoms with Gasteiger partial charge in [-0.2, -0.15) is 0 Å². The zero-order chi connectivity index (χ0) is 22.9. The van der Waals surface area contributed by atoms with Crippen molar-refractivity contribution in [2.75, 3.05) is 7.11 Å². The standard InChI is InChI=1S/C23H25FN2O5S/c1-31-20-11-8-16(14-26-22(27)18-4-2-3-5-19(18)23(26)28)12-21(20)32(29,30)25-13-15-6-9-17(24)10-7-15/h6-12,18-19,25H,2-5,13-14H2,1H3/t18-,19+. The fourth-order valence-corrected chi connectivity index (χ4v) is 5.69. The van der Waals surface area contributed by atoms with Crippen molar-refractivity contribution in [1.82, 2.24) is 9.62 Å². The number of sulfonamides is 1. The summed E-state index contributed by atoms with van der Waals surface area (Å²) in [6, 6.07) is 10.1. The molecule has 4 rings (SSSR count). The van der Waals surface area contributed by atoms with Gasteiger partial charge in [0.25, 0.3) is 0 Å². The summed E-state index contributed by atoms with van der Waals surface area (Å²) in [4.78, 5) is 26.7. The van der Waals surface area contributed by atoms with Crippen molar-refractivity contribution in [2.24, 2.45) is 11.8 Å². The number of imide groups is 1. The average Bonchev–Trinajstić information content (AvgIpc) is 3.04. The van der Waals surface area contributed by atoms with Crippen molar-refractivity contribution in [3.8, 4) is 5.75 Å². The maximum atomic E-state index is 13.1. The molecule has 2 atom stereocenters. The van der Waals surface area contributed by atoms with E-state index in [-0.39, 0.29) is 47.4 Å². The molecule has 170 valence electrons. The van der Waals surface area contributed by atoms with Crippen LogP contribution in [-0.4, -0.2) is 32.2 Å². The molecule has 0 spiro atoms. The fourth-order valence-electron chi connectivity index (χ4n) is 4.46. The lowest BCUT2D eigenvalue weighted by molar-refractivity contribution is -0.140. The molecule has 1 N–H and O–H groups in total. The second kappa shape index (κ2) is 8.99. The van der Waals surface area contributed by atoms with Gasteiger partial charge >= 0.3 is 0 Å². The second-order valence-corrected chi connectivity index (χ2v) is 9.93. The first-order valence-electron chi connectivity index (χ1n) is 10.6. The topological polar surface area (TPSA) is 92.8 Å². The molecular weight excluding hydrogens is 435 g/mol. The number of nitrogens with one attached hydrogen (secondary N) is 1. The van der Waals surface area contributed by atoms with Gasteiger partial charge in [-0.25, -0.2) is 17.5 Å². The molecule has 9 heteroatoms.